The van der Waals surface area contributed by atoms with Gasteiger partial charge in [0, 0.05) is 12.6 Å². The molecule has 0 saturated heterocycles. The molecule has 0 saturated carbocycles. The number of rotatable bonds is 9. The lowest BCUT2D eigenvalue weighted by Gasteiger charge is -2.09. The van der Waals surface area contributed by atoms with Crippen molar-refractivity contribution in [3.63, 3.8) is 0 Å². The van der Waals surface area contributed by atoms with E-state index in [0.29, 0.717) is 52.2 Å². The molecule has 26 heavy (non-hydrogen) atoms. The van der Waals surface area contributed by atoms with Crippen LogP contribution in [0.2, 0.25) is 0 Å². The molecule has 0 aliphatic heterocycles. The van der Waals surface area contributed by atoms with Gasteiger partial charge in [-0.15, -0.1) is 11.8 Å². The van der Waals surface area contributed by atoms with Crippen LogP contribution in [0, 0.1) is 5.92 Å². The minimum atomic E-state index is -0.243. The Labute approximate surface area is 156 Å². The number of H-pyrrole nitrogens is 1. The number of fused-ring (bicyclic) bond motifs is 1. The zero-order valence-electron chi connectivity index (χ0n) is 15.5. The molecule has 0 fully saturated rings. The van der Waals surface area contributed by atoms with Gasteiger partial charge < -0.3 is 19.8 Å². The molecular weight excluding hydrogens is 354 g/mol. The lowest BCUT2D eigenvalue weighted by Crippen LogP contribution is -2.27. The van der Waals surface area contributed by atoms with Crippen molar-refractivity contribution in [3.05, 3.63) is 28.3 Å². The maximum atomic E-state index is 12.3. The first-order valence-electron chi connectivity index (χ1n) is 8.44. The average Bonchev–Trinajstić information content (AvgIpc) is 2.60. The van der Waals surface area contributed by atoms with Crippen LogP contribution in [0.3, 0.4) is 0 Å². The first kappa shape index (κ1) is 20.1. The molecule has 2 N–H and O–H groups in total. The van der Waals surface area contributed by atoms with Crippen molar-refractivity contribution in [2.75, 3.05) is 26.5 Å². The number of methoxy groups -OCH3 is 2. The van der Waals surface area contributed by atoms with Gasteiger partial charge in [0.2, 0.25) is 5.91 Å². The second kappa shape index (κ2) is 9.47. The van der Waals surface area contributed by atoms with Crippen LogP contribution in [-0.2, 0) is 10.5 Å². The molecule has 2 rings (SSSR count). The Balaban J connectivity index is 2.02. The summed E-state index contributed by atoms with van der Waals surface area (Å²) < 4.78 is 10.5. The summed E-state index contributed by atoms with van der Waals surface area (Å²) in [5.74, 6) is 2.84. The Morgan fingerprint density at radius 2 is 1.96 bits per heavy atom. The third kappa shape index (κ3) is 5.39. The molecule has 0 aliphatic rings. The van der Waals surface area contributed by atoms with Gasteiger partial charge in [0.1, 0.15) is 5.82 Å². The smallest absolute Gasteiger partial charge is 0.258 e. The molecule has 0 bridgehead atoms. The van der Waals surface area contributed by atoms with Crippen LogP contribution in [0.5, 0.6) is 11.5 Å². The molecule has 8 heteroatoms. The molecule has 1 aromatic heterocycles. The molecule has 1 aromatic carbocycles. The van der Waals surface area contributed by atoms with Crippen LogP contribution in [-0.4, -0.2) is 42.4 Å². The van der Waals surface area contributed by atoms with E-state index in [-0.39, 0.29) is 11.5 Å². The number of benzene rings is 1. The number of nitrogens with one attached hydrogen (secondary N) is 2. The van der Waals surface area contributed by atoms with Crippen LogP contribution in [0.15, 0.2) is 16.9 Å². The lowest BCUT2D eigenvalue weighted by molar-refractivity contribution is -0.118. The fourth-order valence-electron chi connectivity index (χ4n) is 2.37. The normalized spacial score (nSPS) is 11.0. The summed E-state index contributed by atoms with van der Waals surface area (Å²) in [6.45, 7) is 4.92. The summed E-state index contributed by atoms with van der Waals surface area (Å²) in [6.07, 6.45) is 0.960. The van der Waals surface area contributed by atoms with Crippen molar-refractivity contribution in [2.24, 2.45) is 5.92 Å². The summed E-state index contributed by atoms with van der Waals surface area (Å²) in [6, 6.07) is 3.29. The number of ether oxygens (including phenoxy) is 2. The van der Waals surface area contributed by atoms with Crippen molar-refractivity contribution in [3.8, 4) is 11.5 Å². The highest BCUT2D eigenvalue weighted by Crippen LogP contribution is 2.30. The number of carbonyl (C=O) groups is 1. The van der Waals surface area contributed by atoms with Crippen molar-refractivity contribution in [1.29, 1.82) is 0 Å². The number of hydrogen-bond acceptors (Lipinski definition) is 6. The summed E-state index contributed by atoms with van der Waals surface area (Å²) in [4.78, 5) is 31.3. The molecule has 2 aromatic rings. The third-order valence-corrected chi connectivity index (χ3v) is 4.72. The van der Waals surface area contributed by atoms with Crippen LogP contribution < -0.4 is 20.3 Å². The standard InChI is InChI=1S/C18H25N3O4S/c1-11(2)5-6-19-17(22)10-26-9-16-20-13-8-15(25-4)14(24-3)7-12(13)18(23)21-16/h7-8,11H,5-6,9-10H2,1-4H3,(H,19,22)(H,20,21,23). The van der Waals surface area contributed by atoms with Gasteiger partial charge in [-0.3, -0.25) is 9.59 Å². The van der Waals surface area contributed by atoms with Gasteiger partial charge in [0.05, 0.1) is 36.6 Å². The predicted octanol–water partition coefficient (Wildman–Crippen LogP) is 2.34. The SMILES string of the molecule is COc1cc2nc(CSCC(=O)NCCC(C)C)[nH]c(=O)c2cc1OC. The first-order chi connectivity index (χ1) is 12.4. The number of amides is 1. The third-order valence-electron chi connectivity index (χ3n) is 3.78. The van der Waals surface area contributed by atoms with Gasteiger partial charge in [0.25, 0.3) is 5.56 Å². The Bertz CT molecular complexity index is 820. The summed E-state index contributed by atoms with van der Waals surface area (Å²) in [7, 11) is 3.05. The number of nitrogens with zero attached hydrogens (tertiary/aromatic N) is 1. The molecule has 1 amide bonds. The van der Waals surface area contributed by atoms with Gasteiger partial charge in [-0.05, 0) is 18.4 Å². The fourth-order valence-corrected chi connectivity index (χ4v) is 3.09. The number of thioether (sulfide) groups is 1. The monoisotopic (exact) mass is 379 g/mol. The number of aromatic nitrogens is 2. The van der Waals surface area contributed by atoms with E-state index in [2.05, 4.69) is 29.1 Å². The minimum absolute atomic E-state index is 0.00908. The Morgan fingerprint density at radius 1 is 1.27 bits per heavy atom. The molecule has 142 valence electrons. The van der Waals surface area contributed by atoms with E-state index in [0.717, 1.165) is 6.42 Å². The van der Waals surface area contributed by atoms with E-state index in [1.807, 2.05) is 0 Å². The largest absolute Gasteiger partial charge is 0.493 e. The second-order valence-electron chi connectivity index (χ2n) is 6.26. The van der Waals surface area contributed by atoms with Crippen LogP contribution >= 0.6 is 11.8 Å². The lowest BCUT2D eigenvalue weighted by atomic mass is 10.1. The highest BCUT2D eigenvalue weighted by molar-refractivity contribution is 7.99. The van der Waals surface area contributed by atoms with Crippen LogP contribution in [0.4, 0.5) is 0 Å². The number of carbonyl (C=O) groups excluding carboxylic acids is 1. The molecule has 7 nitrogen and oxygen atoms in total. The molecule has 0 atom stereocenters. The Morgan fingerprint density at radius 3 is 2.62 bits per heavy atom. The summed E-state index contributed by atoms with van der Waals surface area (Å²) in [5, 5.41) is 3.32. The summed E-state index contributed by atoms with van der Waals surface area (Å²) in [5.41, 5.74) is 0.288. The van der Waals surface area contributed by atoms with Crippen molar-refractivity contribution in [1.82, 2.24) is 15.3 Å². The fraction of sp³-hybridized carbons (Fsp3) is 0.500. The summed E-state index contributed by atoms with van der Waals surface area (Å²) >= 11 is 1.41. The van der Waals surface area contributed by atoms with Crippen LogP contribution in [0.25, 0.3) is 10.9 Å². The topological polar surface area (TPSA) is 93.3 Å². The highest BCUT2D eigenvalue weighted by Gasteiger charge is 2.11. The van der Waals surface area contributed by atoms with Gasteiger partial charge in [-0.2, -0.15) is 0 Å². The predicted molar refractivity (Wildman–Crippen MR) is 104 cm³/mol. The van der Waals surface area contributed by atoms with Crippen molar-refractivity contribution >= 4 is 28.6 Å². The van der Waals surface area contributed by atoms with E-state index < -0.39 is 0 Å². The second-order valence-corrected chi connectivity index (χ2v) is 7.25. The molecule has 0 aliphatic carbocycles. The quantitative estimate of drug-likeness (QED) is 0.695. The average molecular weight is 379 g/mol. The van der Waals surface area contributed by atoms with E-state index in [9.17, 15) is 9.59 Å². The van der Waals surface area contributed by atoms with Gasteiger partial charge in [0.15, 0.2) is 11.5 Å². The highest BCUT2D eigenvalue weighted by atomic mass is 32.2. The molecule has 0 radical (unpaired) electrons. The van der Waals surface area contributed by atoms with Gasteiger partial charge >= 0.3 is 0 Å². The Hall–Kier alpha value is -2.22. The minimum Gasteiger partial charge on any atom is -0.493 e. The Kier molecular flexibility index (Phi) is 7.32. The maximum Gasteiger partial charge on any atom is 0.258 e. The van der Waals surface area contributed by atoms with Gasteiger partial charge in [-0.25, -0.2) is 4.98 Å². The van der Waals surface area contributed by atoms with Crippen molar-refractivity contribution in [2.45, 2.75) is 26.0 Å². The maximum absolute atomic E-state index is 12.3. The van der Waals surface area contributed by atoms with E-state index in [4.69, 9.17) is 9.47 Å². The molecular formula is C18H25N3O4S. The zero-order chi connectivity index (χ0) is 19.1. The number of aromatic amines is 1. The molecule has 0 spiro atoms. The molecule has 0 unspecified atom stereocenters. The van der Waals surface area contributed by atoms with E-state index >= 15 is 0 Å². The number of hydrogen-bond donors (Lipinski definition) is 2. The zero-order valence-corrected chi connectivity index (χ0v) is 16.4. The van der Waals surface area contributed by atoms with Crippen molar-refractivity contribution < 1.29 is 14.3 Å². The first-order valence-corrected chi connectivity index (χ1v) is 9.59. The van der Waals surface area contributed by atoms with Crippen LogP contribution in [0.1, 0.15) is 26.1 Å². The van der Waals surface area contributed by atoms with E-state index in [1.165, 1.54) is 26.0 Å². The molecule has 1 heterocycles. The van der Waals surface area contributed by atoms with E-state index in [1.54, 1.807) is 12.1 Å². The van der Waals surface area contributed by atoms with Gasteiger partial charge in [-0.1, -0.05) is 13.8 Å².